The van der Waals surface area contributed by atoms with E-state index >= 15 is 0 Å². The number of ether oxygens (including phenoxy) is 1. The molecule has 0 bridgehead atoms. The minimum atomic E-state index is -0.438. The average Bonchev–Trinajstić information content (AvgIpc) is 2.24. The van der Waals surface area contributed by atoms with E-state index in [0.29, 0.717) is 22.5 Å². The summed E-state index contributed by atoms with van der Waals surface area (Å²) >= 11 is 0. The molecule has 17 heavy (non-hydrogen) atoms. The fraction of sp³-hybridized carbons (Fsp3) is 0.364. The summed E-state index contributed by atoms with van der Waals surface area (Å²) in [6.07, 6.45) is 1.34. The molecule has 0 spiro atoms. The lowest BCUT2D eigenvalue weighted by Gasteiger charge is -2.07. The number of amides is 1. The van der Waals surface area contributed by atoms with Gasteiger partial charge in [0.2, 0.25) is 11.6 Å². The standard InChI is InChI=1S/C11H14N2O4/c1-8(14)12-5-10-3-4-11(13(16)6-10)7-17-9(2)15/h3-4,6H,5,7H2,1-2H3,(H,12,14). The molecule has 0 aliphatic heterocycles. The van der Waals surface area contributed by atoms with E-state index in [2.05, 4.69) is 5.32 Å². The number of esters is 1. The maximum Gasteiger partial charge on any atom is 0.303 e. The van der Waals surface area contributed by atoms with Crippen molar-refractivity contribution in [3.05, 3.63) is 34.8 Å². The van der Waals surface area contributed by atoms with E-state index in [1.807, 2.05) is 0 Å². The van der Waals surface area contributed by atoms with Crippen LogP contribution in [0, 0.1) is 5.21 Å². The largest absolute Gasteiger partial charge is 0.618 e. The molecule has 0 radical (unpaired) electrons. The summed E-state index contributed by atoms with van der Waals surface area (Å²) in [6.45, 7) is 2.92. The van der Waals surface area contributed by atoms with Crippen LogP contribution < -0.4 is 10.0 Å². The number of carbonyl (C=O) groups is 2. The molecule has 0 aliphatic rings. The zero-order valence-electron chi connectivity index (χ0n) is 9.73. The summed E-state index contributed by atoms with van der Waals surface area (Å²) < 4.78 is 5.34. The third-order valence-corrected chi connectivity index (χ3v) is 2.02. The number of hydrogen-bond donors (Lipinski definition) is 1. The highest BCUT2D eigenvalue weighted by molar-refractivity contribution is 5.72. The van der Waals surface area contributed by atoms with E-state index in [4.69, 9.17) is 4.74 Å². The Morgan fingerprint density at radius 1 is 1.41 bits per heavy atom. The molecule has 1 amide bonds. The van der Waals surface area contributed by atoms with Crippen LogP contribution in [0.3, 0.4) is 0 Å². The second-order valence-corrected chi connectivity index (χ2v) is 3.54. The molecule has 6 nitrogen and oxygen atoms in total. The van der Waals surface area contributed by atoms with E-state index < -0.39 is 5.97 Å². The first-order valence-corrected chi connectivity index (χ1v) is 5.08. The lowest BCUT2D eigenvalue weighted by atomic mass is 10.2. The molecule has 0 aliphatic carbocycles. The summed E-state index contributed by atoms with van der Waals surface area (Å²) in [4.78, 5) is 21.3. The predicted octanol–water partition coefficient (Wildman–Crippen LogP) is 0.0192. The van der Waals surface area contributed by atoms with Gasteiger partial charge in [-0.15, -0.1) is 0 Å². The van der Waals surface area contributed by atoms with Crippen LogP contribution in [-0.2, 0) is 27.5 Å². The normalized spacial score (nSPS) is 9.76. The minimum absolute atomic E-state index is 0.0563. The van der Waals surface area contributed by atoms with Gasteiger partial charge in [-0.25, -0.2) is 0 Å². The van der Waals surface area contributed by atoms with Crippen LogP contribution in [0.5, 0.6) is 0 Å². The molecule has 92 valence electrons. The predicted molar refractivity (Wildman–Crippen MR) is 58.4 cm³/mol. The second kappa shape index (κ2) is 5.83. The van der Waals surface area contributed by atoms with Gasteiger partial charge in [-0.1, -0.05) is 0 Å². The first kappa shape index (κ1) is 13.0. The first-order chi connectivity index (χ1) is 7.99. The molecule has 1 rings (SSSR count). The molecule has 6 heteroatoms. The van der Waals surface area contributed by atoms with Gasteiger partial charge in [0, 0.05) is 32.0 Å². The Morgan fingerprint density at radius 2 is 2.12 bits per heavy atom. The Balaban J connectivity index is 2.65. The Hall–Kier alpha value is -2.11. The maximum atomic E-state index is 11.5. The summed E-state index contributed by atoms with van der Waals surface area (Å²) in [6, 6.07) is 3.26. The molecule has 0 fully saturated rings. The van der Waals surface area contributed by atoms with E-state index in [1.165, 1.54) is 20.0 Å². The van der Waals surface area contributed by atoms with Crippen LogP contribution in [0.4, 0.5) is 0 Å². The van der Waals surface area contributed by atoms with Crippen LogP contribution >= 0.6 is 0 Å². The topological polar surface area (TPSA) is 82.3 Å². The van der Waals surface area contributed by atoms with Gasteiger partial charge < -0.3 is 15.3 Å². The van der Waals surface area contributed by atoms with Crippen molar-refractivity contribution in [3.8, 4) is 0 Å². The van der Waals surface area contributed by atoms with Crippen molar-refractivity contribution in [2.45, 2.75) is 27.0 Å². The van der Waals surface area contributed by atoms with Crippen molar-refractivity contribution in [1.82, 2.24) is 5.32 Å². The molecular formula is C11H14N2O4. The molecule has 0 saturated heterocycles. The lowest BCUT2D eigenvalue weighted by molar-refractivity contribution is -0.616. The minimum Gasteiger partial charge on any atom is -0.618 e. The van der Waals surface area contributed by atoms with Crippen molar-refractivity contribution < 1.29 is 19.1 Å². The monoisotopic (exact) mass is 238 g/mol. The Morgan fingerprint density at radius 3 is 2.65 bits per heavy atom. The van der Waals surface area contributed by atoms with Crippen molar-refractivity contribution in [2.75, 3.05) is 0 Å². The van der Waals surface area contributed by atoms with Gasteiger partial charge >= 0.3 is 5.97 Å². The quantitative estimate of drug-likeness (QED) is 0.455. The van der Waals surface area contributed by atoms with Gasteiger partial charge in [0.1, 0.15) is 0 Å². The number of hydrogen-bond acceptors (Lipinski definition) is 4. The summed E-state index contributed by atoms with van der Waals surface area (Å²) in [5.41, 5.74) is 1.02. The molecular weight excluding hydrogens is 224 g/mol. The Labute approximate surface area is 98.8 Å². The number of aromatic nitrogens is 1. The number of carbonyl (C=O) groups excluding carboxylic acids is 2. The Bertz CT molecular complexity index is 431. The summed E-state index contributed by atoms with van der Waals surface area (Å²) in [5.74, 6) is -0.598. The molecule has 1 aromatic rings. The van der Waals surface area contributed by atoms with E-state index in [9.17, 15) is 14.8 Å². The van der Waals surface area contributed by atoms with Crippen LogP contribution in [0.15, 0.2) is 18.3 Å². The van der Waals surface area contributed by atoms with Gasteiger partial charge in [-0.05, 0) is 6.07 Å². The van der Waals surface area contributed by atoms with E-state index in [1.54, 1.807) is 12.1 Å². The van der Waals surface area contributed by atoms with Crippen LogP contribution in [-0.4, -0.2) is 11.9 Å². The number of nitrogens with one attached hydrogen (secondary N) is 1. The lowest BCUT2D eigenvalue weighted by Crippen LogP contribution is -2.33. The first-order valence-electron chi connectivity index (χ1n) is 5.08. The van der Waals surface area contributed by atoms with Gasteiger partial charge in [-0.2, -0.15) is 4.73 Å². The molecule has 0 aromatic carbocycles. The fourth-order valence-corrected chi connectivity index (χ4v) is 1.17. The molecule has 1 aromatic heterocycles. The second-order valence-electron chi connectivity index (χ2n) is 3.54. The summed E-state index contributed by atoms with van der Waals surface area (Å²) in [7, 11) is 0. The average molecular weight is 238 g/mol. The van der Waals surface area contributed by atoms with Gasteiger partial charge in [0.25, 0.3) is 0 Å². The van der Waals surface area contributed by atoms with Gasteiger partial charge in [0.15, 0.2) is 12.8 Å². The maximum absolute atomic E-state index is 11.5. The molecule has 1 N–H and O–H groups in total. The molecule has 0 saturated carbocycles. The zero-order valence-corrected chi connectivity index (χ0v) is 9.73. The van der Waals surface area contributed by atoms with Crippen molar-refractivity contribution in [2.24, 2.45) is 0 Å². The number of rotatable bonds is 4. The highest BCUT2D eigenvalue weighted by Gasteiger charge is 2.08. The van der Waals surface area contributed by atoms with Crippen LogP contribution in [0.25, 0.3) is 0 Å². The molecule has 1 heterocycles. The third-order valence-electron chi connectivity index (χ3n) is 2.02. The molecule has 0 unspecified atom stereocenters. The van der Waals surface area contributed by atoms with E-state index in [0.717, 1.165) is 0 Å². The summed E-state index contributed by atoms with van der Waals surface area (Å²) in [5, 5.41) is 14.1. The van der Waals surface area contributed by atoms with Crippen molar-refractivity contribution in [1.29, 1.82) is 0 Å². The van der Waals surface area contributed by atoms with Gasteiger partial charge in [0.05, 0.1) is 0 Å². The highest BCUT2D eigenvalue weighted by Crippen LogP contribution is 2.00. The van der Waals surface area contributed by atoms with Crippen LogP contribution in [0.2, 0.25) is 0 Å². The number of pyridine rings is 1. The van der Waals surface area contributed by atoms with Crippen LogP contribution in [0.1, 0.15) is 25.1 Å². The smallest absolute Gasteiger partial charge is 0.303 e. The van der Waals surface area contributed by atoms with Gasteiger partial charge in [-0.3, -0.25) is 9.59 Å². The highest BCUT2D eigenvalue weighted by atomic mass is 16.5. The third kappa shape index (κ3) is 4.50. The van der Waals surface area contributed by atoms with Crippen molar-refractivity contribution >= 4 is 11.9 Å². The molecule has 0 atom stereocenters. The SMILES string of the molecule is CC(=O)NCc1ccc(COC(C)=O)[n+]([O-])c1. The zero-order chi connectivity index (χ0) is 12.8. The number of nitrogens with zero attached hydrogens (tertiary/aromatic N) is 1. The Kier molecular flexibility index (Phi) is 4.45. The fourth-order valence-electron chi connectivity index (χ4n) is 1.17. The van der Waals surface area contributed by atoms with E-state index in [-0.39, 0.29) is 12.5 Å². The van der Waals surface area contributed by atoms with Crippen molar-refractivity contribution in [3.63, 3.8) is 0 Å².